The number of nitrogens with zero attached hydrogens (tertiary/aromatic N) is 5. The van der Waals surface area contributed by atoms with Crippen molar-refractivity contribution in [3.05, 3.63) is 48.9 Å². The van der Waals surface area contributed by atoms with Crippen LogP contribution in [0.2, 0.25) is 0 Å². The zero-order valence-corrected chi connectivity index (χ0v) is 22.1. The second kappa shape index (κ2) is 12.4. The molecular formula is C26H27N5O9. The van der Waals surface area contributed by atoms with E-state index in [1.54, 1.807) is 24.3 Å². The maximum Gasteiger partial charge on any atom is 0.303 e. The molecule has 1 aliphatic heterocycles. The smallest absolute Gasteiger partial charge is 0.303 e. The van der Waals surface area contributed by atoms with Gasteiger partial charge in [-0.25, -0.2) is 14.6 Å². The molecule has 14 nitrogen and oxygen atoms in total. The average molecular weight is 554 g/mol. The minimum Gasteiger partial charge on any atom is -0.463 e. The van der Waals surface area contributed by atoms with Crippen LogP contribution in [0.3, 0.4) is 0 Å². The molecule has 0 spiro atoms. The first-order chi connectivity index (χ1) is 19.1. The van der Waals surface area contributed by atoms with Crippen LogP contribution in [0.4, 0.5) is 0 Å². The molecule has 3 aromatic rings. The van der Waals surface area contributed by atoms with Crippen LogP contribution in [0.25, 0.3) is 22.9 Å². The fraction of sp³-hybridized carbons (Fsp3) is 0.385. The van der Waals surface area contributed by atoms with E-state index in [1.807, 2.05) is 6.07 Å². The zero-order valence-electron chi connectivity index (χ0n) is 22.1. The largest absolute Gasteiger partial charge is 0.463 e. The molecule has 1 aliphatic rings. The van der Waals surface area contributed by atoms with Gasteiger partial charge in [0.25, 0.3) is 0 Å². The van der Waals surface area contributed by atoms with E-state index in [-0.39, 0.29) is 12.4 Å². The van der Waals surface area contributed by atoms with Crippen molar-refractivity contribution >= 4 is 23.9 Å². The number of aromatic nitrogens is 5. The number of rotatable bonds is 8. The lowest BCUT2D eigenvalue weighted by atomic mass is 9.97. The summed E-state index contributed by atoms with van der Waals surface area (Å²) in [6.45, 7) is 4.29. The summed E-state index contributed by atoms with van der Waals surface area (Å²) < 4.78 is 29.4. The summed E-state index contributed by atoms with van der Waals surface area (Å²) in [4.78, 5) is 61.1. The van der Waals surface area contributed by atoms with Crippen LogP contribution >= 0.6 is 0 Å². The fourth-order valence-electron chi connectivity index (χ4n) is 4.21. The van der Waals surface area contributed by atoms with Gasteiger partial charge < -0.3 is 23.7 Å². The van der Waals surface area contributed by atoms with Gasteiger partial charge in [0, 0.05) is 45.7 Å². The number of hydrogen-bond donors (Lipinski definition) is 0. The normalized spacial score (nSPS) is 22.1. The predicted molar refractivity (Wildman–Crippen MR) is 134 cm³/mol. The van der Waals surface area contributed by atoms with Crippen molar-refractivity contribution in [2.45, 2.75) is 58.3 Å². The fourth-order valence-corrected chi connectivity index (χ4v) is 4.21. The molecule has 1 saturated heterocycles. The van der Waals surface area contributed by atoms with E-state index in [4.69, 9.17) is 23.7 Å². The number of carbonyl (C=O) groups is 4. The van der Waals surface area contributed by atoms with Crippen molar-refractivity contribution < 1.29 is 42.9 Å². The summed E-state index contributed by atoms with van der Waals surface area (Å²) in [6, 6.07) is 8.98. The maximum absolute atomic E-state index is 12.3. The quantitative estimate of drug-likeness (QED) is 0.292. The lowest BCUT2D eigenvalue weighted by Gasteiger charge is -2.44. The van der Waals surface area contributed by atoms with Gasteiger partial charge in [0.15, 0.2) is 30.4 Å². The van der Waals surface area contributed by atoms with Crippen LogP contribution < -0.4 is 0 Å². The third-order valence-electron chi connectivity index (χ3n) is 5.66. The highest BCUT2D eigenvalue weighted by atomic mass is 16.7. The van der Waals surface area contributed by atoms with Gasteiger partial charge in [0.2, 0.25) is 5.82 Å². The maximum atomic E-state index is 12.3. The number of ether oxygens (including phenoxy) is 5. The zero-order chi connectivity index (χ0) is 28.8. The first-order valence-corrected chi connectivity index (χ1v) is 12.2. The van der Waals surface area contributed by atoms with Gasteiger partial charge in [-0.2, -0.15) is 0 Å². The third kappa shape index (κ3) is 6.64. The molecule has 0 saturated carbocycles. The highest BCUT2D eigenvalue weighted by Gasteiger charge is 2.53. The second-order valence-electron chi connectivity index (χ2n) is 8.75. The number of esters is 4. The lowest BCUT2D eigenvalue weighted by Crippen LogP contribution is -2.60. The van der Waals surface area contributed by atoms with E-state index in [0.29, 0.717) is 17.1 Å². The van der Waals surface area contributed by atoms with Crippen LogP contribution in [0.15, 0.2) is 48.9 Å². The van der Waals surface area contributed by atoms with Crippen LogP contribution in [-0.4, -0.2) is 79.6 Å². The number of carbonyl (C=O) groups excluding carboxylic acids is 4. The Hall–Kier alpha value is -4.72. The topological polar surface area (TPSA) is 171 Å². The summed E-state index contributed by atoms with van der Waals surface area (Å²) >= 11 is 0. The summed E-state index contributed by atoms with van der Waals surface area (Å²) in [5.41, 5.74) is 0.974. The van der Waals surface area contributed by atoms with E-state index in [1.165, 1.54) is 30.2 Å². The molecule has 3 heterocycles. The average Bonchev–Trinajstić information content (AvgIpc) is 3.35. The molecule has 0 radical (unpaired) electrons. The van der Waals surface area contributed by atoms with Crippen molar-refractivity contribution in [1.29, 1.82) is 0 Å². The van der Waals surface area contributed by atoms with Gasteiger partial charge in [-0.05, 0) is 0 Å². The van der Waals surface area contributed by atoms with Gasteiger partial charge >= 0.3 is 23.9 Å². The van der Waals surface area contributed by atoms with Crippen molar-refractivity contribution in [2.24, 2.45) is 0 Å². The molecule has 210 valence electrons. The highest BCUT2D eigenvalue weighted by Crippen LogP contribution is 2.37. The molecule has 40 heavy (non-hydrogen) atoms. The molecule has 2 aromatic heterocycles. The molecule has 0 aliphatic carbocycles. The third-order valence-corrected chi connectivity index (χ3v) is 5.66. The summed E-state index contributed by atoms with van der Waals surface area (Å²) in [5.74, 6) is -2.35. The van der Waals surface area contributed by atoms with Gasteiger partial charge in [-0.15, -0.1) is 5.10 Å². The van der Waals surface area contributed by atoms with E-state index in [9.17, 15) is 19.2 Å². The Morgan fingerprint density at radius 2 is 1.50 bits per heavy atom. The van der Waals surface area contributed by atoms with Gasteiger partial charge in [-0.3, -0.25) is 24.2 Å². The molecule has 0 N–H and O–H groups in total. The molecule has 1 aromatic carbocycles. The van der Waals surface area contributed by atoms with Crippen molar-refractivity contribution in [1.82, 2.24) is 24.7 Å². The van der Waals surface area contributed by atoms with Crippen molar-refractivity contribution in [3.8, 4) is 22.9 Å². The molecule has 1 fully saturated rings. The first kappa shape index (κ1) is 28.3. The molecule has 0 unspecified atom stereocenters. The molecular weight excluding hydrogens is 526 g/mol. The Labute approximate surface area is 228 Å². The minimum absolute atomic E-state index is 0.180. The van der Waals surface area contributed by atoms with Crippen LogP contribution in [-0.2, 0) is 42.9 Å². The Balaban J connectivity index is 1.90. The van der Waals surface area contributed by atoms with Crippen LogP contribution in [0.1, 0.15) is 33.9 Å². The summed E-state index contributed by atoms with van der Waals surface area (Å²) in [5, 5.41) is 4.60. The monoisotopic (exact) mass is 553 g/mol. The lowest BCUT2D eigenvalue weighted by molar-refractivity contribution is -0.270. The molecule has 5 atom stereocenters. The van der Waals surface area contributed by atoms with Crippen LogP contribution in [0, 0.1) is 0 Å². The second-order valence-corrected chi connectivity index (χ2v) is 8.75. The summed E-state index contributed by atoms with van der Waals surface area (Å²) in [6.07, 6.45) is -2.01. The number of benzene rings is 1. The summed E-state index contributed by atoms with van der Waals surface area (Å²) in [7, 11) is 0. The Morgan fingerprint density at radius 3 is 2.10 bits per heavy atom. The Bertz CT molecular complexity index is 1370. The first-order valence-electron chi connectivity index (χ1n) is 12.2. The van der Waals surface area contributed by atoms with E-state index in [0.717, 1.165) is 20.8 Å². The van der Waals surface area contributed by atoms with Gasteiger partial charge in [0.05, 0.1) is 6.20 Å². The standard InChI is InChI=1S/C26H27N5O9/c1-14(32)36-13-20-21(37-15(2)33)22(38-16(3)34)23(39-17(4)35)26(40-20)31-25(18-8-6-5-7-9-18)29-24(30-31)19-12-27-10-11-28-19/h5-12,20-23,26H,13H2,1-4H3/t20-,21-,22+,23-,26-/m1/s1. The molecule has 0 bridgehead atoms. The Kier molecular flexibility index (Phi) is 8.79. The van der Waals surface area contributed by atoms with Crippen LogP contribution in [0.5, 0.6) is 0 Å². The van der Waals surface area contributed by atoms with E-state index >= 15 is 0 Å². The van der Waals surface area contributed by atoms with Gasteiger partial charge in [0.1, 0.15) is 18.4 Å². The predicted octanol–water partition coefficient (Wildman–Crippen LogP) is 1.66. The molecule has 14 heteroatoms. The SMILES string of the molecule is CC(=O)OC[C@H]1O[C@@H](n2nc(-c3cnccn3)nc2-c2ccccc2)[C@H](OC(C)=O)[C@@H](OC(C)=O)[C@@H]1OC(C)=O. The van der Waals surface area contributed by atoms with E-state index < -0.39 is 54.5 Å². The molecule has 4 rings (SSSR count). The molecule has 0 amide bonds. The van der Waals surface area contributed by atoms with E-state index in [2.05, 4.69) is 20.1 Å². The highest BCUT2D eigenvalue weighted by molar-refractivity contribution is 5.69. The van der Waals surface area contributed by atoms with Gasteiger partial charge in [-0.1, -0.05) is 30.3 Å². The Morgan fingerprint density at radius 1 is 0.850 bits per heavy atom. The number of hydrogen-bond acceptors (Lipinski definition) is 13. The van der Waals surface area contributed by atoms with Crippen molar-refractivity contribution in [2.75, 3.05) is 6.61 Å². The van der Waals surface area contributed by atoms with Crippen molar-refractivity contribution in [3.63, 3.8) is 0 Å². The minimum atomic E-state index is -1.36.